The largest absolute Gasteiger partial charge is 0.326 e. The van der Waals surface area contributed by atoms with Crippen molar-refractivity contribution in [1.82, 2.24) is 4.31 Å². The fraction of sp³-hybridized carbons (Fsp3) is 0.381. The Hall–Kier alpha value is -1.60. The number of amides is 1. The van der Waals surface area contributed by atoms with Crippen molar-refractivity contribution in [2.24, 2.45) is 5.92 Å². The predicted molar refractivity (Wildman–Crippen MR) is 118 cm³/mol. The van der Waals surface area contributed by atoms with Crippen LogP contribution in [0, 0.1) is 19.8 Å². The lowest BCUT2D eigenvalue weighted by atomic mass is 9.97. The van der Waals surface area contributed by atoms with Crippen molar-refractivity contribution in [2.45, 2.75) is 32.4 Å². The van der Waals surface area contributed by atoms with Gasteiger partial charge in [-0.15, -0.1) is 0 Å². The lowest BCUT2D eigenvalue weighted by Gasteiger charge is -2.31. The van der Waals surface area contributed by atoms with Crippen LogP contribution in [0.3, 0.4) is 0 Å². The topological polar surface area (TPSA) is 66.5 Å². The van der Waals surface area contributed by atoms with E-state index >= 15 is 0 Å². The first kappa shape index (κ1) is 22.1. The summed E-state index contributed by atoms with van der Waals surface area (Å²) >= 11 is 12.2. The predicted octanol–water partition coefficient (Wildman–Crippen LogP) is 4.79. The SMILES string of the molecule is Cc1ccc(NC(=O)C2CCN(S(=O)(=O)Cc3c(Cl)cccc3Cl)CC2)c(C)c1. The van der Waals surface area contributed by atoms with Gasteiger partial charge < -0.3 is 5.32 Å². The summed E-state index contributed by atoms with van der Waals surface area (Å²) in [6.07, 6.45) is 0.957. The Morgan fingerprint density at radius 3 is 2.31 bits per heavy atom. The van der Waals surface area contributed by atoms with Crippen LogP contribution in [-0.2, 0) is 20.6 Å². The van der Waals surface area contributed by atoms with E-state index in [0.717, 1.165) is 16.8 Å². The average molecular weight is 455 g/mol. The number of benzene rings is 2. The molecule has 0 radical (unpaired) electrons. The van der Waals surface area contributed by atoms with Crippen LogP contribution >= 0.6 is 23.2 Å². The molecule has 5 nitrogen and oxygen atoms in total. The number of carbonyl (C=O) groups excluding carboxylic acids is 1. The molecule has 1 aliphatic rings. The van der Waals surface area contributed by atoms with Crippen LogP contribution in [-0.4, -0.2) is 31.7 Å². The van der Waals surface area contributed by atoms with E-state index in [9.17, 15) is 13.2 Å². The highest BCUT2D eigenvalue weighted by Crippen LogP contribution is 2.29. The first-order valence-electron chi connectivity index (χ1n) is 9.46. The maximum Gasteiger partial charge on any atom is 0.227 e. The zero-order chi connectivity index (χ0) is 21.2. The number of nitrogens with one attached hydrogen (secondary N) is 1. The van der Waals surface area contributed by atoms with Crippen molar-refractivity contribution in [3.63, 3.8) is 0 Å². The monoisotopic (exact) mass is 454 g/mol. The van der Waals surface area contributed by atoms with Crippen LogP contribution in [0.5, 0.6) is 0 Å². The third-order valence-electron chi connectivity index (χ3n) is 5.25. The van der Waals surface area contributed by atoms with E-state index < -0.39 is 10.0 Å². The molecule has 156 valence electrons. The minimum Gasteiger partial charge on any atom is -0.326 e. The smallest absolute Gasteiger partial charge is 0.227 e. The van der Waals surface area contributed by atoms with E-state index in [1.807, 2.05) is 32.0 Å². The summed E-state index contributed by atoms with van der Waals surface area (Å²) in [5, 5.41) is 3.65. The molecule has 1 heterocycles. The summed E-state index contributed by atoms with van der Waals surface area (Å²) in [5.41, 5.74) is 3.35. The van der Waals surface area contributed by atoms with Crippen molar-refractivity contribution < 1.29 is 13.2 Å². The summed E-state index contributed by atoms with van der Waals surface area (Å²) in [6.45, 7) is 4.56. The van der Waals surface area contributed by atoms with Crippen molar-refractivity contribution in [3.05, 3.63) is 63.1 Å². The number of carbonyl (C=O) groups is 1. The highest BCUT2D eigenvalue weighted by atomic mass is 35.5. The Bertz CT molecular complexity index is 996. The summed E-state index contributed by atoms with van der Waals surface area (Å²) in [4.78, 5) is 12.6. The molecule has 2 aromatic rings. The van der Waals surface area contributed by atoms with Gasteiger partial charge in [-0.2, -0.15) is 0 Å². The van der Waals surface area contributed by atoms with Crippen LogP contribution in [0.1, 0.15) is 29.5 Å². The molecule has 0 spiro atoms. The van der Waals surface area contributed by atoms with Gasteiger partial charge in [0, 0.05) is 40.3 Å². The fourth-order valence-corrected chi connectivity index (χ4v) is 5.84. The van der Waals surface area contributed by atoms with Crippen LogP contribution in [0.4, 0.5) is 5.69 Å². The number of piperidine rings is 1. The van der Waals surface area contributed by atoms with Gasteiger partial charge in [0.1, 0.15) is 0 Å². The van der Waals surface area contributed by atoms with Crippen molar-refractivity contribution in [2.75, 3.05) is 18.4 Å². The van der Waals surface area contributed by atoms with Gasteiger partial charge in [-0.05, 0) is 50.5 Å². The van der Waals surface area contributed by atoms with Gasteiger partial charge in [-0.1, -0.05) is 47.0 Å². The molecule has 29 heavy (non-hydrogen) atoms. The maximum absolute atomic E-state index is 12.8. The highest BCUT2D eigenvalue weighted by molar-refractivity contribution is 7.88. The standard InChI is InChI=1S/C21H24Cl2N2O3S/c1-14-6-7-20(15(2)12-14)24-21(26)16-8-10-25(11-9-16)29(27,28)13-17-18(22)4-3-5-19(17)23/h3-7,12,16H,8-11,13H2,1-2H3,(H,24,26). The Morgan fingerprint density at radius 2 is 1.72 bits per heavy atom. The number of hydrogen-bond acceptors (Lipinski definition) is 3. The quantitative estimate of drug-likeness (QED) is 0.705. The number of hydrogen-bond donors (Lipinski definition) is 1. The van der Waals surface area contributed by atoms with E-state index in [1.54, 1.807) is 18.2 Å². The van der Waals surface area contributed by atoms with E-state index in [4.69, 9.17) is 23.2 Å². The normalized spacial score (nSPS) is 16.0. The van der Waals surface area contributed by atoms with Crippen molar-refractivity contribution >= 4 is 44.8 Å². The Kier molecular flexibility index (Phi) is 6.89. The molecular weight excluding hydrogens is 431 g/mol. The molecule has 2 aromatic carbocycles. The van der Waals surface area contributed by atoms with E-state index in [-0.39, 0.29) is 17.6 Å². The van der Waals surface area contributed by atoms with Gasteiger partial charge in [0.25, 0.3) is 0 Å². The molecule has 0 aliphatic carbocycles. The molecular formula is C21H24Cl2N2O3S. The summed E-state index contributed by atoms with van der Waals surface area (Å²) in [6, 6.07) is 10.8. The van der Waals surface area contributed by atoms with Gasteiger partial charge in [0.2, 0.25) is 15.9 Å². The third kappa shape index (κ3) is 5.31. The number of nitrogens with zero attached hydrogens (tertiary/aromatic N) is 1. The second-order valence-electron chi connectivity index (χ2n) is 7.44. The molecule has 1 amide bonds. The van der Waals surface area contributed by atoms with Crippen LogP contribution < -0.4 is 5.32 Å². The number of anilines is 1. The zero-order valence-electron chi connectivity index (χ0n) is 16.4. The molecule has 1 N–H and O–H groups in total. The zero-order valence-corrected chi connectivity index (χ0v) is 18.7. The molecule has 1 fully saturated rings. The molecule has 0 unspecified atom stereocenters. The molecule has 0 atom stereocenters. The summed E-state index contributed by atoms with van der Waals surface area (Å²) in [7, 11) is -3.57. The molecule has 0 aromatic heterocycles. The molecule has 1 saturated heterocycles. The summed E-state index contributed by atoms with van der Waals surface area (Å²) in [5.74, 6) is -0.528. The van der Waals surface area contributed by atoms with Gasteiger partial charge in [0.15, 0.2) is 0 Å². The second kappa shape index (κ2) is 9.04. The van der Waals surface area contributed by atoms with Crippen molar-refractivity contribution in [1.29, 1.82) is 0 Å². The van der Waals surface area contributed by atoms with Crippen LogP contribution in [0.2, 0.25) is 10.0 Å². The number of sulfonamides is 1. The van der Waals surface area contributed by atoms with E-state index in [0.29, 0.717) is 41.5 Å². The number of rotatable bonds is 5. The second-order valence-corrected chi connectivity index (χ2v) is 10.2. The van der Waals surface area contributed by atoms with E-state index in [2.05, 4.69) is 5.32 Å². The minimum absolute atomic E-state index is 0.0665. The Balaban J connectivity index is 1.61. The Morgan fingerprint density at radius 1 is 1.10 bits per heavy atom. The number of halogens is 2. The molecule has 0 bridgehead atoms. The molecule has 8 heteroatoms. The van der Waals surface area contributed by atoms with Gasteiger partial charge in [0.05, 0.1) is 5.75 Å². The third-order valence-corrected chi connectivity index (χ3v) is 7.76. The van der Waals surface area contributed by atoms with Gasteiger partial charge >= 0.3 is 0 Å². The van der Waals surface area contributed by atoms with E-state index in [1.165, 1.54) is 4.31 Å². The lowest BCUT2D eigenvalue weighted by Crippen LogP contribution is -2.42. The van der Waals surface area contributed by atoms with Crippen molar-refractivity contribution in [3.8, 4) is 0 Å². The number of aryl methyl sites for hydroxylation is 2. The first-order valence-corrected chi connectivity index (χ1v) is 11.8. The minimum atomic E-state index is -3.57. The van der Waals surface area contributed by atoms with Gasteiger partial charge in [-0.25, -0.2) is 12.7 Å². The molecule has 3 rings (SSSR count). The lowest BCUT2D eigenvalue weighted by molar-refractivity contribution is -0.120. The van der Waals surface area contributed by atoms with Gasteiger partial charge in [-0.3, -0.25) is 4.79 Å². The van der Waals surface area contributed by atoms with Crippen LogP contribution in [0.15, 0.2) is 36.4 Å². The maximum atomic E-state index is 12.8. The molecule has 1 aliphatic heterocycles. The molecule has 0 saturated carbocycles. The fourth-order valence-electron chi connectivity index (χ4n) is 3.53. The summed E-state index contributed by atoms with van der Waals surface area (Å²) < 4.78 is 27.0. The first-order chi connectivity index (χ1) is 13.7. The Labute approximate surface area is 182 Å². The van der Waals surface area contributed by atoms with Crippen LogP contribution in [0.25, 0.3) is 0 Å². The average Bonchev–Trinajstić information content (AvgIpc) is 2.67. The highest BCUT2D eigenvalue weighted by Gasteiger charge is 2.32.